The number of hydrogen-bond donors (Lipinski definition) is 2. The summed E-state index contributed by atoms with van der Waals surface area (Å²) >= 11 is 5.65. The standard InChI is InChI=1S/C9H8ClN5O2/c10-6-3-7(15(16)17)9(13-4-6)14-5-8-11-1-2-12-8/h1-4H,5H2,(H,11,12)(H,13,14). The lowest BCUT2D eigenvalue weighted by Crippen LogP contribution is -2.05. The lowest BCUT2D eigenvalue weighted by Gasteiger charge is -2.04. The number of nitrogens with one attached hydrogen (secondary N) is 2. The van der Waals surface area contributed by atoms with Crippen molar-refractivity contribution >= 4 is 23.1 Å². The summed E-state index contributed by atoms with van der Waals surface area (Å²) in [5.74, 6) is 0.826. The van der Waals surface area contributed by atoms with Gasteiger partial charge in [-0.1, -0.05) is 11.6 Å². The molecule has 8 heteroatoms. The van der Waals surface area contributed by atoms with E-state index < -0.39 is 4.92 Å². The van der Waals surface area contributed by atoms with Gasteiger partial charge in [0.1, 0.15) is 5.82 Å². The van der Waals surface area contributed by atoms with Crippen molar-refractivity contribution in [3.05, 3.63) is 45.6 Å². The molecule has 17 heavy (non-hydrogen) atoms. The fourth-order valence-electron chi connectivity index (χ4n) is 1.27. The van der Waals surface area contributed by atoms with Crippen LogP contribution in [0, 0.1) is 10.1 Å². The van der Waals surface area contributed by atoms with Crippen molar-refractivity contribution in [1.29, 1.82) is 0 Å². The first-order valence-corrected chi connectivity index (χ1v) is 5.06. The molecule has 7 nitrogen and oxygen atoms in total. The van der Waals surface area contributed by atoms with Crippen molar-refractivity contribution in [2.24, 2.45) is 0 Å². The minimum absolute atomic E-state index is 0.163. The fraction of sp³-hybridized carbons (Fsp3) is 0.111. The number of anilines is 1. The molecular weight excluding hydrogens is 246 g/mol. The second-order valence-corrected chi connectivity index (χ2v) is 3.60. The lowest BCUT2D eigenvalue weighted by molar-refractivity contribution is -0.384. The van der Waals surface area contributed by atoms with Crippen LogP contribution in [-0.4, -0.2) is 19.9 Å². The lowest BCUT2D eigenvalue weighted by atomic mass is 10.4. The van der Waals surface area contributed by atoms with Gasteiger partial charge in [0.05, 0.1) is 16.5 Å². The van der Waals surface area contributed by atoms with Crippen LogP contribution in [0.1, 0.15) is 5.82 Å². The molecule has 0 aliphatic carbocycles. The van der Waals surface area contributed by atoms with E-state index in [9.17, 15) is 10.1 Å². The van der Waals surface area contributed by atoms with Crippen LogP contribution in [0.15, 0.2) is 24.7 Å². The monoisotopic (exact) mass is 253 g/mol. The Hall–Kier alpha value is -2.15. The molecule has 2 N–H and O–H groups in total. The van der Waals surface area contributed by atoms with E-state index in [0.717, 1.165) is 0 Å². The third kappa shape index (κ3) is 2.70. The zero-order chi connectivity index (χ0) is 12.3. The number of halogens is 1. The molecule has 2 aromatic rings. The molecule has 0 spiro atoms. The molecule has 0 unspecified atom stereocenters. The van der Waals surface area contributed by atoms with Crippen LogP contribution >= 0.6 is 11.6 Å². The fourth-order valence-corrected chi connectivity index (χ4v) is 1.42. The summed E-state index contributed by atoms with van der Waals surface area (Å²) < 4.78 is 0. The van der Waals surface area contributed by atoms with Gasteiger partial charge in [0.15, 0.2) is 0 Å². The normalized spacial score (nSPS) is 10.2. The van der Waals surface area contributed by atoms with Crippen LogP contribution in [0.5, 0.6) is 0 Å². The van der Waals surface area contributed by atoms with Crippen molar-refractivity contribution < 1.29 is 4.92 Å². The average molecular weight is 254 g/mol. The average Bonchev–Trinajstić information content (AvgIpc) is 2.80. The van der Waals surface area contributed by atoms with E-state index in [1.807, 2.05) is 0 Å². The summed E-state index contributed by atoms with van der Waals surface area (Å²) in [6, 6.07) is 1.25. The molecule has 0 radical (unpaired) electrons. The van der Waals surface area contributed by atoms with Gasteiger partial charge in [-0.05, 0) is 0 Å². The Labute approximate surface area is 101 Å². The first-order chi connectivity index (χ1) is 8.16. The van der Waals surface area contributed by atoms with Gasteiger partial charge in [-0.25, -0.2) is 9.97 Å². The number of imidazole rings is 1. The van der Waals surface area contributed by atoms with Gasteiger partial charge < -0.3 is 10.3 Å². The second kappa shape index (κ2) is 4.79. The third-order valence-electron chi connectivity index (χ3n) is 2.01. The summed E-state index contributed by atoms with van der Waals surface area (Å²) in [6.07, 6.45) is 4.61. The van der Waals surface area contributed by atoms with Crippen molar-refractivity contribution in [2.45, 2.75) is 6.54 Å². The number of nitro groups is 1. The van der Waals surface area contributed by atoms with Crippen molar-refractivity contribution in [1.82, 2.24) is 15.0 Å². The number of H-pyrrole nitrogens is 1. The van der Waals surface area contributed by atoms with Crippen LogP contribution in [0.3, 0.4) is 0 Å². The molecule has 2 rings (SSSR count). The van der Waals surface area contributed by atoms with Gasteiger partial charge in [0, 0.05) is 24.7 Å². The van der Waals surface area contributed by atoms with Gasteiger partial charge in [0.25, 0.3) is 0 Å². The van der Waals surface area contributed by atoms with Crippen molar-refractivity contribution in [2.75, 3.05) is 5.32 Å². The van der Waals surface area contributed by atoms with E-state index >= 15 is 0 Å². The molecule has 2 aromatic heterocycles. The zero-order valence-electron chi connectivity index (χ0n) is 8.55. The predicted molar refractivity (Wildman–Crippen MR) is 61.8 cm³/mol. The van der Waals surface area contributed by atoms with Gasteiger partial charge >= 0.3 is 5.69 Å². The van der Waals surface area contributed by atoms with E-state index in [2.05, 4.69) is 20.3 Å². The summed E-state index contributed by atoms with van der Waals surface area (Å²) in [5.41, 5.74) is -0.163. The maximum atomic E-state index is 10.8. The van der Waals surface area contributed by atoms with Gasteiger partial charge in [-0.2, -0.15) is 0 Å². The highest BCUT2D eigenvalue weighted by Gasteiger charge is 2.15. The van der Waals surface area contributed by atoms with Crippen molar-refractivity contribution in [3.8, 4) is 0 Å². The minimum atomic E-state index is -0.538. The molecule has 0 atom stereocenters. The molecule has 2 heterocycles. The third-order valence-corrected chi connectivity index (χ3v) is 2.22. The molecule has 0 amide bonds. The van der Waals surface area contributed by atoms with E-state index in [-0.39, 0.29) is 16.5 Å². The van der Waals surface area contributed by atoms with Crippen LogP contribution in [0.25, 0.3) is 0 Å². The SMILES string of the molecule is O=[N+]([O-])c1cc(Cl)cnc1NCc1ncc[nH]1. The minimum Gasteiger partial charge on any atom is -0.357 e. The number of hydrogen-bond acceptors (Lipinski definition) is 5. The Bertz CT molecular complexity index is 528. The van der Waals surface area contributed by atoms with Gasteiger partial charge in [-0.3, -0.25) is 10.1 Å². The van der Waals surface area contributed by atoms with E-state index in [1.165, 1.54) is 12.3 Å². The van der Waals surface area contributed by atoms with Crippen LogP contribution in [0.4, 0.5) is 11.5 Å². The summed E-state index contributed by atoms with van der Waals surface area (Å²) in [4.78, 5) is 21.0. The van der Waals surface area contributed by atoms with Gasteiger partial charge in [0.2, 0.25) is 5.82 Å². The molecule has 0 bridgehead atoms. The number of nitrogens with zero attached hydrogens (tertiary/aromatic N) is 3. The number of pyridine rings is 1. The Morgan fingerprint density at radius 3 is 3.00 bits per heavy atom. The molecule has 0 saturated carbocycles. The molecule has 0 aliphatic rings. The molecule has 0 aromatic carbocycles. The topological polar surface area (TPSA) is 96.7 Å². The quantitative estimate of drug-likeness (QED) is 0.641. The predicted octanol–water partition coefficient (Wildman–Crippen LogP) is 1.98. The largest absolute Gasteiger partial charge is 0.357 e. The molecular formula is C9H8ClN5O2. The summed E-state index contributed by atoms with van der Waals surface area (Å²) in [5, 5.41) is 13.8. The zero-order valence-corrected chi connectivity index (χ0v) is 9.31. The Kier molecular flexibility index (Phi) is 3.20. The highest BCUT2D eigenvalue weighted by atomic mass is 35.5. The van der Waals surface area contributed by atoms with E-state index in [0.29, 0.717) is 12.4 Å². The van der Waals surface area contributed by atoms with Crippen LogP contribution in [0.2, 0.25) is 5.02 Å². The Morgan fingerprint density at radius 1 is 1.53 bits per heavy atom. The number of aromatic nitrogens is 3. The first kappa shape index (κ1) is 11.3. The van der Waals surface area contributed by atoms with Gasteiger partial charge in [-0.15, -0.1) is 0 Å². The Morgan fingerprint density at radius 2 is 2.35 bits per heavy atom. The molecule has 0 fully saturated rings. The number of aromatic amines is 1. The highest BCUT2D eigenvalue weighted by molar-refractivity contribution is 6.30. The second-order valence-electron chi connectivity index (χ2n) is 3.17. The van der Waals surface area contributed by atoms with E-state index in [4.69, 9.17) is 11.6 Å². The van der Waals surface area contributed by atoms with E-state index in [1.54, 1.807) is 12.4 Å². The first-order valence-electron chi connectivity index (χ1n) is 4.69. The Balaban J connectivity index is 2.17. The molecule has 0 saturated heterocycles. The molecule has 88 valence electrons. The van der Waals surface area contributed by atoms with Crippen LogP contribution < -0.4 is 5.32 Å². The summed E-state index contributed by atoms with van der Waals surface area (Å²) in [7, 11) is 0. The van der Waals surface area contributed by atoms with Crippen molar-refractivity contribution in [3.63, 3.8) is 0 Å². The number of rotatable bonds is 4. The molecule has 0 aliphatic heterocycles. The highest BCUT2D eigenvalue weighted by Crippen LogP contribution is 2.25. The maximum Gasteiger partial charge on any atom is 0.312 e. The summed E-state index contributed by atoms with van der Waals surface area (Å²) in [6.45, 7) is 0.322. The smallest absolute Gasteiger partial charge is 0.312 e. The maximum absolute atomic E-state index is 10.8. The van der Waals surface area contributed by atoms with Crippen LogP contribution in [-0.2, 0) is 6.54 Å².